The number of amides is 1. The predicted molar refractivity (Wildman–Crippen MR) is 92.8 cm³/mol. The largest absolute Gasteiger partial charge is 0.329 e. The molecule has 0 aliphatic heterocycles. The molecule has 0 saturated heterocycles. The standard InChI is InChI=1S/C21H21NO/c23-21(15-10-16-6-2-1-3-7-16)22(18-12-13-18)20-14-11-17-8-4-5-9-19(17)20/h1-10,15,18,20H,11-14H2/b15-10+. The summed E-state index contributed by atoms with van der Waals surface area (Å²) in [5.74, 6) is 0.151. The van der Waals surface area contributed by atoms with E-state index in [-0.39, 0.29) is 11.9 Å². The first-order valence-electron chi connectivity index (χ1n) is 8.46. The Balaban J connectivity index is 1.57. The molecule has 1 fully saturated rings. The molecule has 116 valence electrons. The molecule has 2 nitrogen and oxygen atoms in total. The Labute approximate surface area is 137 Å². The molecule has 0 bridgehead atoms. The van der Waals surface area contributed by atoms with Crippen molar-refractivity contribution in [3.05, 3.63) is 77.4 Å². The van der Waals surface area contributed by atoms with Crippen LogP contribution in [0, 0.1) is 0 Å². The van der Waals surface area contributed by atoms with E-state index in [0.717, 1.165) is 31.2 Å². The van der Waals surface area contributed by atoms with Crippen LogP contribution in [0.25, 0.3) is 6.08 Å². The summed E-state index contributed by atoms with van der Waals surface area (Å²) in [6.07, 6.45) is 8.10. The van der Waals surface area contributed by atoms with Gasteiger partial charge in [0.25, 0.3) is 0 Å². The van der Waals surface area contributed by atoms with Crippen LogP contribution in [0.5, 0.6) is 0 Å². The van der Waals surface area contributed by atoms with Gasteiger partial charge in [-0.3, -0.25) is 4.79 Å². The fourth-order valence-electron chi connectivity index (χ4n) is 3.58. The highest BCUT2D eigenvalue weighted by molar-refractivity contribution is 5.92. The number of carbonyl (C=O) groups is 1. The lowest BCUT2D eigenvalue weighted by molar-refractivity contribution is -0.129. The van der Waals surface area contributed by atoms with Crippen LogP contribution in [0.2, 0.25) is 0 Å². The van der Waals surface area contributed by atoms with Crippen LogP contribution in [0.1, 0.15) is 42.0 Å². The first-order valence-corrected chi connectivity index (χ1v) is 8.46. The van der Waals surface area contributed by atoms with Gasteiger partial charge in [-0.15, -0.1) is 0 Å². The van der Waals surface area contributed by atoms with Crippen molar-refractivity contribution in [3.63, 3.8) is 0 Å². The van der Waals surface area contributed by atoms with Gasteiger partial charge in [0, 0.05) is 12.1 Å². The summed E-state index contributed by atoms with van der Waals surface area (Å²) < 4.78 is 0. The molecule has 23 heavy (non-hydrogen) atoms. The van der Waals surface area contributed by atoms with Crippen LogP contribution >= 0.6 is 0 Å². The van der Waals surface area contributed by atoms with Crippen LogP contribution in [-0.2, 0) is 11.2 Å². The second-order valence-corrected chi connectivity index (χ2v) is 6.47. The summed E-state index contributed by atoms with van der Waals surface area (Å²) in [5, 5.41) is 0. The van der Waals surface area contributed by atoms with Crippen LogP contribution in [-0.4, -0.2) is 16.8 Å². The van der Waals surface area contributed by atoms with E-state index < -0.39 is 0 Å². The fraction of sp³-hybridized carbons (Fsp3) is 0.286. The Hall–Kier alpha value is -2.35. The molecule has 0 heterocycles. The lowest BCUT2D eigenvalue weighted by Crippen LogP contribution is -2.34. The van der Waals surface area contributed by atoms with Gasteiger partial charge in [0.15, 0.2) is 0 Å². The lowest BCUT2D eigenvalue weighted by Gasteiger charge is -2.29. The number of rotatable bonds is 4. The minimum absolute atomic E-state index is 0.151. The Morgan fingerprint density at radius 2 is 1.70 bits per heavy atom. The Bertz CT molecular complexity index is 731. The minimum Gasteiger partial charge on any atom is -0.329 e. The van der Waals surface area contributed by atoms with Crippen molar-refractivity contribution >= 4 is 12.0 Å². The smallest absolute Gasteiger partial charge is 0.247 e. The van der Waals surface area contributed by atoms with Gasteiger partial charge in [0.2, 0.25) is 5.91 Å². The number of fused-ring (bicyclic) bond motifs is 1. The number of carbonyl (C=O) groups excluding carboxylic acids is 1. The van der Waals surface area contributed by atoms with Crippen molar-refractivity contribution in [1.82, 2.24) is 4.90 Å². The Kier molecular flexibility index (Phi) is 3.74. The summed E-state index contributed by atoms with van der Waals surface area (Å²) in [6, 6.07) is 19.3. The molecule has 0 radical (unpaired) electrons. The van der Waals surface area contributed by atoms with Crippen LogP contribution in [0.3, 0.4) is 0 Å². The third kappa shape index (κ3) is 2.94. The molecule has 1 unspecified atom stereocenters. The van der Waals surface area contributed by atoms with Gasteiger partial charge >= 0.3 is 0 Å². The second kappa shape index (κ2) is 6.04. The number of hydrogen-bond donors (Lipinski definition) is 0. The Morgan fingerprint density at radius 1 is 0.957 bits per heavy atom. The molecule has 2 aliphatic rings. The van der Waals surface area contributed by atoms with Crippen molar-refractivity contribution in [3.8, 4) is 0 Å². The van der Waals surface area contributed by atoms with Gasteiger partial charge in [-0.1, -0.05) is 54.6 Å². The molecule has 1 saturated carbocycles. The topological polar surface area (TPSA) is 20.3 Å². The van der Waals surface area contributed by atoms with Crippen molar-refractivity contribution in [2.24, 2.45) is 0 Å². The maximum atomic E-state index is 12.8. The molecule has 2 aromatic carbocycles. The van der Waals surface area contributed by atoms with E-state index in [0.29, 0.717) is 6.04 Å². The molecule has 4 rings (SSSR count). The molecule has 0 spiro atoms. The van der Waals surface area contributed by atoms with Gasteiger partial charge in [-0.25, -0.2) is 0 Å². The second-order valence-electron chi connectivity index (χ2n) is 6.47. The van der Waals surface area contributed by atoms with Gasteiger partial charge in [-0.2, -0.15) is 0 Å². The molecule has 0 N–H and O–H groups in total. The Morgan fingerprint density at radius 3 is 2.48 bits per heavy atom. The summed E-state index contributed by atoms with van der Waals surface area (Å²) in [4.78, 5) is 15.0. The summed E-state index contributed by atoms with van der Waals surface area (Å²) in [6.45, 7) is 0. The van der Waals surface area contributed by atoms with Crippen molar-refractivity contribution in [2.45, 2.75) is 37.8 Å². The van der Waals surface area contributed by atoms with Gasteiger partial charge in [-0.05, 0) is 48.4 Å². The minimum atomic E-state index is 0.151. The average molecular weight is 303 g/mol. The van der Waals surface area contributed by atoms with Gasteiger partial charge < -0.3 is 4.90 Å². The molecule has 1 amide bonds. The van der Waals surface area contributed by atoms with Crippen LogP contribution in [0.15, 0.2) is 60.7 Å². The third-order valence-electron chi connectivity index (χ3n) is 4.85. The van der Waals surface area contributed by atoms with Crippen LogP contribution in [0.4, 0.5) is 0 Å². The highest BCUT2D eigenvalue weighted by Gasteiger charge is 2.39. The molecular formula is C21H21NO. The van der Waals surface area contributed by atoms with E-state index in [2.05, 4.69) is 29.2 Å². The highest BCUT2D eigenvalue weighted by Crippen LogP contribution is 2.41. The van der Waals surface area contributed by atoms with E-state index in [1.54, 1.807) is 6.08 Å². The first kappa shape index (κ1) is 14.3. The summed E-state index contributed by atoms with van der Waals surface area (Å²) in [7, 11) is 0. The lowest BCUT2D eigenvalue weighted by atomic mass is 10.1. The highest BCUT2D eigenvalue weighted by atomic mass is 16.2. The fourth-order valence-corrected chi connectivity index (χ4v) is 3.58. The van der Waals surface area contributed by atoms with Crippen molar-refractivity contribution in [2.75, 3.05) is 0 Å². The maximum absolute atomic E-state index is 12.8. The SMILES string of the molecule is O=C(/C=C/c1ccccc1)N(C1CC1)C1CCc2ccccc21. The van der Waals surface area contributed by atoms with Crippen LogP contribution < -0.4 is 0 Å². The normalized spacial score (nSPS) is 19.7. The quantitative estimate of drug-likeness (QED) is 0.768. The van der Waals surface area contributed by atoms with E-state index in [9.17, 15) is 4.79 Å². The van der Waals surface area contributed by atoms with E-state index in [1.807, 2.05) is 36.4 Å². The monoisotopic (exact) mass is 303 g/mol. The molecular weight excluding hydrogens is 282 g/mol. The van der Waals surface area contributed by atoms with Crippen molar-refractivity contribution < 1.29 is 4.79 Å². The van der Waals surface area contributed by atoms with Gasteiger partial charge in [0.05, 0.1) is 6.04 Å². The zero-order valence-corrected chi connectivity index (χ0v) is 13.2. The molecule has 2 aliphatic carbocycles. The zero-order valence-electron chi connectivity index (χ0n) is 13.2. The van der Waals surface area contributed by atoms with E-state index in [4.69, 9.17) is 0 Å². The van der Waals surface area contributed by atoms with E-state index in [1.165, 1.54) is 11.1 Å². The number of hydrogen-bond acceptors (Lipinski definition) is 1. The number of nitrogens with zero attached hydrogens (tertiary/aromatic N) is 1. The predicted octanol–water partition coefficient (Wildman–Crippen LogP) is 4.38. The number of benzene rings is 2. The molecule has 2 heteroatoms. The molecule has 0 aromatic heterocycles. The van der Waals surface area contributed by atoms with E-state index >= 15 is 0 Å². The molecule has 2 aromatic rings. The summed E-state index contributed by atoms with van der Waals surface area (Å²) in [5.41, 5.74) is 3.83. The first-order chi connectivity index (χ1) is 11.3. The summed E-state index contributed by atoms with van der Waals surface area (Å²) >= 11 is 0. The third-order valence-corrected chi connectivity index (χ3v) is 4.85. The average Bonchev–Trinajstić information content (AvgIpc) is 3.34. The maximum Gasteiger partial charge on any atom is 0.247 e. The number of aryl methyl sites for hydroxylation is 1. The molecule has 1 atom stereocenters. The van der Waals surface area contributed by atoms with Gasteiger partial charge in [0.1, 0.15) is 0 Å². The zero-order chi connectivity index (χ0) is 15.6. The van der Waals surface area contributed by atoms with Crippen molar-refractivity contribution in [1.29, 1.82) is 0 Å².